The van der Waals surface area contributed by atoms with Gasteiger partial charge in [-0.25, -0.2) is 0 Å². The van der Waals surface area contributed by atoms with Crippen LogP contribution in [0.2, 0.25) is 0 Å². The molecule has 0 radical (unpaired) electrons. The number of carbonyl (C=O) groups excluding carboxylic acids is 1. The van der Waals surface area contributed by atoms with Crippen LogP contribution < -0.4 is 4.74 Å². The molecule has 0 amide bonds. The molecule has 0 heterocycles. The zero-order chi connectivity index (χ0) is 25.5. The van der Waals surface area contributed by atoms with E-state index in [1.165, 1.54) is 13.3 Å². The van der Waals surface area contributed by atoms with Gasteiger partial charge in [0.05, 0.1) is 0 Å². The highest BCUT2D eigenvalue weighted by molar-refractivity contribution is 5.86. The molecule has 0 aromatic heterocycles. The van der Waals surface area contributed by atoms with Gasteiger partial charge < -0.3 is 9.47 Å². The first kappa shape index (κ1) is 25.5. The van der Waals surface area contributed by atoms with Crippen molar-refractivity contribution in [3.8, 4) is 28.0 Å². The largest absolute Gasteiger partial charge is 0.489 e. The van der Waals surface area contributed by atoms with Crippen LogP contribution >= 0.6 is 0 Å². The van der Waals surface area contributed by atoms with E-state index in [0.29, 0.717) is 30.1 Å². The molecule has 3 heteroatoms. The zero-order valence-corrected chi connectivity index (χ0v) is 21.7. The van der Waals surface area contributed by atoms with Gasteiger partial charge in [-0.1, -0.05) is 93.9 Å². The highest BCUT2D eigenvalue weighted by Crippen LogP contribution is 2.41. The maximum atomic E-state index is 12.1. The molecule has 3 aromatic carbocycles. The van der Waals surface area contributed by atoms with Crippen LogP contribution in [0.25, 0.3) is 22.3 Å². The first-order valence-electron chi connectivity index (χ1n) is 12.9. The van der Waals surface area contributed by atoms with Gasteiger partial charge in [0.1, 0.15) is 18.1 Å². The third-order valence-corrected chi connectivity index (χ3v) is 6.95. The summed E-state index contributed by atoms with van der Waals surface area (Å²) >= 11 is 0. The van der Waals surface area contributed by atoms with Gasteiger partial charge in [-0.15, -0.1) is 0 Å². The first-order valence-corrected chi connectivity index (χ1v) is 12.9. The summed E-state index contributed by atoms with van der Waals surface area (Å²) in [5, 5.41) is 0. The molecule has 36 heavy (non-hydrogen) atoms. The fourth-order valence-corrected chi connectivity index (χ4v) is 5.17. The quantitative estimate of drug-likeness (QED) is 0.227. The Labute approximate surface area is 215 Å². The molecule has 2 unspecified atom stereocenters. The van der Waals surface area contributed by atoms with E-state index in [4.69, 9.17) is 9.47 Å². The van der Waals surface area contributed by atoms with E-state index in [0.717, 1.165) is 40.0 Å². The van der Waals surface area contributed by atoms with Gasteiger partial charge in [-0.3, -0.25) is 4.79 Å². The Balaban J connectivity index is 1.65. The molecule has 3 nitrogen and oxygen atoms in total. The van der Waals surface area contributed by atoms with Crippen LogP contribution in [0.15, 0.2) is 96.8 Å². The lowest BCUT2D eigenvalue weighted by Gasteiger charge is -2.28. The summed E-state index contributed by atoms with van der Waals surface area (Å²) in [5.74, 6) is 3.07. The maximum absolute atomic E-state index is 12.1. The number of allylic oxidation sites excluding steroid dienone is 3. The lowest BCUT2D eigenvalue weighted by atomic mass is 9.78. The molecule has 1 aliphatic rings. The van der Waals surface area contributed by atoms with Gasteiger partial charge in [0, 0.05) is 18.1 Å². The number of rotatable bonds is 9. The van der Waals surface area contributed by atoms with Crippen LogP contribution in [0.5, 0.6) is 5.75 Å². The van der Waals surface area contributed by atoms with Crippen molar-refractivity contribution >= 4 is 5.97 Å². The van der Waals surface area contributed by atoms with E-state index in [-0.39, 0.29) is 5.97 Å². The van der Waals surface area contributed by atoms with Crippen LogP contribution in [0.4, 0.5) is 0 Å². The Morgan fingerprint density at radius 2 is 1.53 bits per heavy atom. The molecule has 0 saturated carbocycles. The molecule has 0 fully saturated rings. The normalized spacial score (nSPS) is 15.9. The van der Waals surface area contributed by atoms with E-state index in [1.807, 2.05) is 60.7 Å². The van der Waals surface area contributed by atoms with Crippen molar-refractivity contribution in [2.45, 2.75) is 47.1 Å². The summed E-state index contributed by atoms with van der Waals surface area (Å²) in [6, 6.07) is 24.2. The molecule has 0 spiro atoms. The Morgan fingerprint density at radius 1 is 0.944 bits per heavy atom. The topological polar surface area (TPSA) is 35.5 Å². The lowest BCUT2D eigenvalue weighted by Crippen LogP contribution is -2.19. The van der Waals surface area contributed by atoms with Crippen molar-refractivity contribution in [2.24, 2.45) is 17.8 Å². The van der Waals surface area contributed by atoms with Gasteiger partial charge in [-0.05, 0) is 65.1 Å². The van der Waals surface area contributed by atoms with Crippen molar-refractivity contribution in [3.63, 3.8) is 0 Å². The van der Waals surface area contributed by atoms with Gasteiger partial charge in [-0.2, -0.15) is 0 Å². The number of esters is 1. The SMILES string of the molecule is CCC(C(C)C)C1C=CC(OCc2cc(-c3ccccc3)c(OC(C)=O)c(-c3ccccc3)c2)=CC1. The number of hydrogen-bond donors (Lipinski definition) is 0. The highest BCUT2D eigenvalue weighted by atomic mass is 16.5. The molecule has 0 saturated heterocycles. The molecule has 4 rings (SSSR count). The number of hydrogen-bond acceptors (Lipinski definition) is 3. The summed E-state index contributed by atoms with van der Waals surface area (Å²) in [4.78, 5) is 12.1. The summed E-state index contributed by atoms with van der Waals surface area (Å²) in [7, 11) is 0. The van der Waals surface area contributed by atoms with Gasteiger partial charge >= 0.3 is 5.97 Å². The molecule has 0 bridgehead atoms. The van der Waals surface area contributed by atoms with E-state index >= 15 is 0 Å². The van der Waals surface area contributed by atoms with Gasteiger partial charge in [0.2, 0.25) is 0 Å². The molecule has 2 atom stereocenters. The standard InChI is InChI=1S/C33H36O3/c1-5-30(23(2)3)28-16-18-29(19-17-28)35-22-25-20-31(26-12-8-6-9-13-26)33(36-24(4)34)32(21-25)27-14-10-7-11-15-27/h6-16,18-21,23,28,30H,5,17,22H2,1-4H3. The Kier molecular flexibility index (Phi) is 8.43. The van der Waals surface area contributed by atoms with Crippen molar-refractivity contribution in [1.82, 2.24) is 0 Å². The molecule has 3 aromatic rings. The van der Waals surface area contributed by atoms with Crippen LogP contribution in [-0.2, 0) is 16.1 Å². The van der Waals surface area contributed by atoms with Crippen molar-refractivity contribution in [1.29, 1.82) is 0 Å². The lowest BCUT2D eigenvalue weighted by molar-refractivity contribution is -0.131. The average molecular weight is 481 g/mol. The van der Waals surface area contributed by atoms with Crippen LogP contribution in [0.1, 0.15) is 46.1 Å². The van der Waals surface area contributed by atoms with Crippen LogP contribution in [0, 0.1) is 17.8 Å². The summed E-state index contributed by atoms with van der Waals surface area (Å²) in [6.45, 7) is 8.78. The molecular formula is C33H36O3. The minimum absolute atomic E-state index is 0.341. The number of benzene rings is 3. The first-order chi connectivity index (χ1) is 17.5. The third kappa shape index (κ3) is 6.15. The van der Waals surface area contributed by atoms with Crippen molar-refractivity contribution in [3.05, 3.63) is 102 Å². The highest BCUT2D eigenvalue weighted by Gasteiger charge is 2.22. The average Bonchev–Trinajstić information content (AvgIpc) is 2.89. The molecule has 1 aliphatic carbocycles. The van der Waals surface area contributed by atoms with Crippen molar-refractivity contribution < 1.29 is 14.3 Å². The Morgan fingerprint density at radius 3 is 1.97 bits per heavy atom. The predicted octanol–water partition coefficient (Wildman–Crippen LogP) is 8.60. The van der Waals surface area contributed by atoms with Crippen LogP contribution in [-0.4, -0.2) is 5.97 Å². The minimum atomic E-state index is -0.341. The monoisotopic (exact) mass is 480 g/mol. The molecule has 0 N–H and O–H groups in total. The minimum Gasteiger partial charge on any atom is -0.489 e. The summed E-state index contributed by atoms with van der Waals surface area (Å²) in [5.41, 5.74) is 4.76. The second kappa shape index (κ2) is 11.9. The van der Waals surface area contributed by atoms with Gasteiger partial charge in [0.25, 0.3) is 0 Å². The van der Waals surface area contributed by atoms with E-state index in [9.17, 15) is 4.79 Å². The fourth-order valence-electron chi connectivity index (χ4n) is 5.17. The second-order valence-corrected chi connectivity index (χ2v) is 9.82. The number of ether oxygens (including phenoxy) is 2. The third-order valence-electron chi connectivity index (χ3n) is 6.95. The fraction of sp³-hybridized carbons (Fsp3) is 0.303. The Hall–Kier alpha value is -3.59. The van der Waals surface area contributed by atoms with Crippen molar-refractivity contribution in [2.75, 3.05) is 0 Å². The maximum Gasteiger partial charge on any atom is 0.308 e. The smallest absolute Gasteiger partial charge is 0.308 e. The Bertz CT molecular complexity index is 1160. The van der Waals surface area contributed by atoms with E-state index < -0.39 is 0 Å². The predicted molar refractivity (Wildman–Crippen MR) is 147 cm³/mol. The van der Waals surface area contributed by atoms with E-state index in [2.05, 4.69) is 51.1 Å². The summed E-state index contributed by atoms with van der Waals surface area (Å²) < 4.78 is 12.1. The summed E-state index contributed by atoms with van der Waals surface area (Å²) in [6.07, 6.45) is 8.87. The molecule has 0 aliphatic heterocycles. The number of carbonyl (C=O) groups is 1. The second-order valence-electron chi connectivity index (χ2n) is 9.82. The molecular weight excluding hydrogens is 444 g/mol. The zero-order valence-electron chi connectivity index (χ0n) is 21.7. The van der Waals surface area contributed by atoms with Crippen LogP contribution in [0.3, 0.4) is 0 Å². The van der Waals surface area contributed by atoms with Gasteiger partial charge in [0.15, 0.2) is 0 Å². The van der Waals surface area contributed by atoms with E-state index in [1.54, 1.807) is 0 Å². The molecule has 186 valence electrons.